The van der Waals surface area contributed by atoms with Crippen LogP contribution in [0.3, 0.4) is 0 Å². The highest BCUT2D eigenvalue weighted by Gasteiger charge is 2.07. The molecule has 0 saturated carbocycles. The van der Waals surface area contributed by atoms with E-state index < -0.39 is 0 Å². The van der Waals surface area contributed by atoms with Crippen LogP contribution in [0.1, 0.15) is 5.56 Å². The molecule has 0 amide bonds. The molecule has 0 saturated heterocycles. The van der Waals surface area contributed by atoms with Crippen molar-refractivity contribution in [1.29, 1.82) is 0 Å². The standard InChI is InChI=1S/C11H11ClN2OS/c1-14-5-4-13-11(14)16-10-3-2-9(12)6-8(10)7-15/h2-6,15H,7H2,1H3. The maximum absolute atomic E-state index is 9.24. The topological polar surface area (TPSA) is 38.0 Å². The lowest BCUT2D eigenvalue weighted by Crippen LogP contribution is -1.92. The number of hydrogen-bond acceptors (Lipinski definition) is 3. The molecule has 1 aromatic carbocycles. The Labute approximate surface area is 103 Å². The van der Waals surface area contributed by atoms with E-state index in [9.17, 15) is 5.11 Å². The van der Waals surface area contributed by atoms with Crippen molar-refractivity contribution in [2.45, 2.75) is 16.7 Å². The molecule has 0 spiro atoms. The minimum atomic E-state index is -0.0205. The number of aromatic nitrogens is 2. The molecule has 1 aromatic heterocycles. The van der Waals surface area contributed by atoms with Crippen LogP contribution < -0.4 is 0 Å². The zero-order valence-corrected chi connectivity index (χ0v) is 10.3. The third kappa shape index (κ3) is 2.40. The molecule has 16 heavy (non-hydrogen) atoms. The molecule has 5 heteroatoms. The SMILES string of the molecule is Cn1ccnc1Sc1ccc(Cl)cc1CO. The molecule has 0 atom stereocenters. The van der Waals surface area contributed by atoms with E-state index in [0.29, 0.717) is 5.02 Å². The van der Waals surface area contributed by atoms with Gasteiger partial charge in [0.15, 0.2) is 5.16 Å². The minimum Gasteiger partial charge on any atom is -0.392 e. The molecule has 0 radical (unpaired) electrons. The third-order valence-electron chi connectivity index (χ3n) is 2.17. The molecule has 0 aliphatic carbocycles. The summed E-state index contributed by atoms with van der Waals surface area (Å²) in [4.78, 5) is 5.19. The maximum Gasteiger partial charge on any atom is 0.172 e. The Hall–Kier alpha value is -0.970. The number of imidazole rings is 1. The van der Waals surface area contributed by atoms with Crippen molar-refractivity contribution in [3.63, 3.8) is 0 Å². The summed E-state index contributed by atoms with van der Waals surface area (Å²) in [6.45, 7) is -0.0205. The first kappa shape index (κ1) is 11.5. The second kappa shape index (κ2) is 4.91. The van der Waals surface area contributed by atoms with Crippen LogP contribution in [0.4, 0.5) is 0 Å². The zero-order chi connectivity index (χ0) is 11.5. The summed E-state index contributed by atoms with van der Waals surface area (Å²) in [5, 5.41) is 10.8. The number of rotatable bonds is 3. The molecule has 1 N–H and O–H groups in total. The molecule has 2 rings (SSSR count). The van der Waals surface area contributed by atoms with E-state index in [2.05, 4.69) is 4.98 Å². The van der Waals surface area contributed by atoms with Gasteiger partial charge < -0.3 is 9.67 Å². The van der Waals surface area contributed by atoms with Gasteiger partial charge in [-0.2, -0.15) is 0 Å². The van der Waals surface area contributed by atoms with Gasteiger partial charge in [0.05, 0.1) is 6.61 Å². The van der Waals surface area contributed by atoms with Gasteiger partial charge in [0.25, 0.3) is 0 Å². The Morgan fingerprint density at radius 1 is 1.50 bits per heavy atom. The quantitative estimate of drug-likeness (QED) is 0.915. The van der Waals surface area contributed by atoms with E-state index in [-0.39, 0.29) is 6.61 Å². The second-order valence-corrected chi connectivity index (χ2v) is 4.78. The van der Waals surface area contributed by atoms with Gasteiger partial charge in [-0.3, -0.25) is 0 Å². The summed E-state index contributed by atoms with van der Waals surface area (Å²) in [6.07, 6.45) is 3.63. The lowest BCUT2D eigenvalue weighted by atomic mass is 10.2. The number of halogens is 1. The summed E-state index contributed by atoms with van der Waals surface area (Å²) in [6, 6.07) is 5.48. The van der Waals surface area contributed by atoms with Crippen LogP contribution in [0.15, 0.2) is 40.6 Å². The second-order valence-electron chi connectivity index (χ2n) is 3.33. The first-order chi connectivity index (χ1) is 7.70. The lowest BCUT2D eigenvalue weighted by molar-refractivity contribution is 0.279. The van der Waals surface area contributed by atoms with Crippen LogP contribution in [-0.4, -0.2) is 14.7 Å². The van der Waals surface area contributed by atoms with Crippen LogP contribution in [0.5, 0.6) is 0 Å². The fourth-order valence-electron chi connectivity index (χ4n) is 1.32. The summed E-state index contributed by atoms with van der Waals surface area (Å²) in [7, 11) is 1.93. The van der Waals surface area contributed by atoms with Gasteiger partial charge in [0, 0.05) is 29.4 Å². The normalized spacial score (nSPS) is 10.7. The van der Waals surface area contributed by atoms with E-state index in [4.69, 9.17) is 11.6 Å². The van der Waals surface area contributed by atoms with Crippen molar-refractivity contribution in [3.8, 4) is 0 Å². The van der Waals surface area contributed by atoms with Gasteiger partial charge in [0.1, 0.15) is 0 Å². The number of nitrogens with zero attached hydrogens (tertiary/aromatic N) is 2. The minimum absolute atomic E-state index is 0.0205. The third-order valence-corrected chi connectivity index (χ3v) is 3.60. The monoisotopic (exact) mass is 254 g/mol. The number of benzene rings is 1. The Kier molecular flexibility index (Phi) is 3.53. The van der Waals surface area contributed by atoms with E-state index in [0.717, 1.165) is 15.6 Å². The summed E-state index contributed by atoms with van der Waals surface area (Å²) in [5.74, 6) is 0. The van der Waals surface area contributed by atoms with Gasteiger partial charge in [0.2, 0.25) is 0 Å². The highest BCUT2D eigenvalue weighted by molar-refractivity contribution is 7.99. The Balaban J connectivity index is 2.31. The average molecular weight is 255 g/mol. The zero-order valence-electron chi connectivity index (χ0n) is 8.72. The van der Waals surface area contributed by atoms with Crippen LogP contribution in [0.25, 0.3) is 0 Å². The maximum atomic E-state index is 9.24. The summed E-state index contributed by atoms with van der Waals surface area (Å²) < 4.78 is 1.93. The van der Waals surface area contributed by atoms with Gasteiger partial charge in [-0.1, -0.05) is 23.4 Å². The van der Waals surface area contributed by atoms with Crippen molar-refractivity contribution in [2.24, 2.45) is 7.05 Å². The van der Waals surface area contributed by atoms with E-state index in [1.54, 1.807) is 12.3 Å². The van der Waals surface area contributed by atoms with Crippen LogP contribution >= 0.6 is 23.4 Å². The highest BCUT2D eigenvalue weighted by Crippen LogP contribution is 2.30. The Bertz CT molecular complexity index is 498. The molecule has 0 unspecified atom stereocenters. The molecule has 1 heterocycles. The number of hydrogen-bond donors (Lipinski definition) is 1. The Morgan fingerprint density at radius 3 is 2.94 bits per heavy atom. The van der Waals surface area contributed by atoms with E-state index in [1.807, 2.05) is 29.9 Å². The van der Waals surface area contributed by atoms with Crippen LogP contribution in [0.2, 0.25) is 5.02 Å². The van der Waals surface area contributed by atoms with Crippen molar-refractivity contribution in [1.82, 2.24) is 9.55 Å². The average Bonchev–Trinajstić information content (AvgIpc) is 2.67. The smallest absolute Gasteiger partial charge is 0.172 e. The number of aliphatic hydroxyl groups excluding tert-OH is 1. The van der Waals surface area contributed by atoms with Crippen molar-refractivity contribution in [2.75, 3.05) is 0 Å². The fourth-order valence-corrected chi connectivity index (χ4v) is 2.42. The van der Waals surface area contributed by atoms with Gasteiger partial charge in [-0.15, -0.1) is 0 Å². The van der Waals surface area contributed by atoms with Crippen molar-refractivity contribution in [3.05, 3.63) is 41.2 Å². The molecule has 0 aliphatic heterocycles. The van der Waals surface area contributed by atoms with Gasteiger partial charge >= 0.3 is 0 Å². The molecule has 0 fully saturated rings. The van der Waals surface area contributed by atoms with Gasteiger partial charge in [-0.25, -0.2) is 4.98 Å². The summed E-state index contributed by atoms with van der Waals surface area (Å²) in [5.41, 5.74) is 0.820. The van der Waals surface area contributed by atoms with Crippen molar-refractivity contribution >= 4 is 23.4 Å². The van der Waals surface area contributed by atoms with E-state index in [1.165, 1.54) is 11.8 Å². The number of aliphatic hydroxyl groups is 1. The molecule has 0 bridgehead atoms. The first-order valence-electron chi connectivity index (χ1n) is 4.75. The number of aryl methyl sites for hydroxylation is 1. The van der Waals surface area contributed by atoms with E-state index >= 15 is 0 Å². The molecule has 2 aromatic rings. The fraction of sp³-hybridized carbons (Fsp3) is 0.182. The van der Waals surface area contributed by atoms with Crippen LogP contribution in [0, 0.1) is 0 Å². The molecule has 3 nitrogen and oxygen atoms in total. The van der Waals surface area contributed by atoms with Crippen LogP contribution in [-0.2, 0) is 13.7 Å². The molecule has 84 valence electrons. The molecule has 0 aliphatic rings. The molecular weight excluding hydrogens is 244 g/mol. The molecular formula is C11H11ClN2OS. The first-order valence-corrected chi connectivity index (χ1v) is 5.94. The Morgan fingerprint density at radius 2 is 2.31 bits per heavy atom. The van der Waals surface area contributed by atoms with Gasteiger partial charge in [-0.05, 0) is 23.8 Å². The highest BCUT2D eigenvalue weighted by atomic mass is 35.5. The predicted octanol–water partition coefficient (Wildman–Crippen LogP) is 2.72. The summed E-state index contributed by atoms with van der Waals surface area (Å²) >= 11 is 7.38. The largest absolute Gasteiger partial charge is 0.392 e. The predicted molar refractivity (Wildman–Crippen MR) is 64.7 cm³/mol. The van der Waals surface area contributed by atoms with Crippen molar-refractivity contribution < 1.29 is 5.11 Å². The lowest BCUT2D eigenvalue weighted by Gasteiger charge is -2.07.